The molecule has 1 fully saturated rings. The number of pyridine rings is 1. The van der Waals surface area contributed by atoms with E-state index in [1.807, 2.05) is 6.92 Å². The van der Waals surface area contributed by atoms with Crippen molar-refractivity contribution in [1.82, 2.24) is 9.29 Å². The first-order valence-electron chi connectivity index (χ1n) is 6.83. The van der Waals surface area contributed by atoms with Gasteiger partial charge in [0, 0.05) is 39.1 Å². The second kappa shape index (κ2) is 6.51. The zero-order chi connectivity index (χ0) is 14.6. The van der Waals surface area contributed by atoms with Gasteiger partial charge in [-0.1, -0.05) is 6.92 Å². The predicted molar refractivity (Wildman–Crippen MR) is 77.2 cm³/mol. The summed E-state index contributed by atoms with van der Waals surface area (Å²) in [5, 5.41) is 2.90. The number of aromatic nitrogens is 1. The summed E-state index contributed by atoms with van der Waals surface area (Å²) < 4.78 is 32.4. The summed E-state index contributed by atoms with van der Waals surface area (Å²) in [5.74, 6) is 0. The number of nitrogens with zero attached hydrogens (tertiary/aromatic N) is 2. The summed E-state index contributed by atoms with van der Waals surface area (Å²) in [6.45, 7) is 3.37. The average Bonchev–Trinajstić information content (AvgIpc) is 2.97. The molecule has 1 aromatic heterocycles. The number of nitrogens with one attached hydrogen (secondary N) is 1. The first-order chi connectivity index (χ1) is 9.59. The van der Waals surface area contributed by atoms with E-state index in [-0.39, 0.29) is 11.0 Å². The molecule has 6 nitrogen and oxygen atoms in total. The van der Waals surface area contributed by atoms with Crippen molar-refractivity contribution in [3.8, 4) is 0 Å². The van der Waals surface area contributed by atoms with Crippen molar-refractivity contribution in [3.63, 3.8) is 0 Å². The van der Waals surface area contributed by atoms with Gasteiger partial charge in [0.1, 0.15) is 4.90 Å². The van der Waals surface area contributed by atoms with Gasteiger partial charge in [-0.3, -0.25) is 4.98 Å². The topological polar surface area (TPSA) is 71.5 Å². The van der Waals surface area contributed by atoms with Gasteiger partial charge in [-0.05, 0) is 18.9 Å². The fourth-order valence-corrected chi connectivity index (χ4v) is 3.97. The summed E-state index contributed by atoms with van der Waals surface area (Å²) in [6, 6.07) is 1.66. The Morgan fingerprint density at radius 1 is 1.55 bits per heavy atom. The van der Waals surface area contributed by atoms with Gasteiger partial charge < -0.3 is 10.1 Å². The molecule has 1 aromatic rings. The van der Waals surface area contributed by atoms with Crippen molar-refractivity contribution in [3.05, 3.63) is 18.5 Å². The first-order valence-corrected chi connectivity index (χ1v) is 8.27. The monoisotopic (exact) mass is 299 g/mol. The Morgan fingerprint density at radius 2 is 2.35 bits per heavy atom. The third-order valence-electron chi connectivity index (χ3n) is 3.46. The van der Waals surface area contributed by atoms with Gasteiger partial charge in [0.05, 0.1) is 11.8 Å². The number of hydrogen-bond donors (Lipinski definition) is 1. The molecule has 0 amide bonds. The van der Waals surface area contributed by atoms with Gasteiger partial charge in [-0.15, -0.1) is 0 Å². The van der Waals surface area contributed by atoms with Gasteiger partial charge in [-0.25, -0.2) is 8.42 Å². The van der Waals surface area contributed by atoms with Gasteiger partial charge in [-0.2, -0.15) is 4.31 Å². The SMILES string of the molecule is CCN(CC1CCCO1)S(=O)(=O)c1cnccc1NC. The molecule has 0 radical (unpaired) electrons. The van der Waals surface area contributed by atoms with Crippen LogP contribution >= 0.6 is 0 Å². The molecule has 1 aliphatic heterocycles. The van der Waals surface area contributed by atoms with Gasteiger partial charge in [0.25, 0.3) is 0 Å². The van der Waals surface area contributed by atoms with E-state index in [1.165, 1.54) is 10.5 Å². The Morgan fingerprint density at radius 3 is 2.95 bits per heavy atom. The average molecular weight is 299 g/mol. The molecule has 2 heterocycles. The van der Waals surface area contributed by atoms with E-state index in [0.717, 1.165) is 19.4 Å². The normalized spacial score (nSPS) is 19.4. The fourth-order valence-electron chi connectivity index (χ4n) is 2.34. The standard InChI is InChI=1S/C13H21N3O3S/c1-3-16(10-11-5-4-8-19-11)20(17,18)13-9-15-7-6-12(13)14-2/h6-7,9,11H,3-5,8,10H2,1-2H3,(H,14,15). The lowest BCUT2D eigenvalue weighted by atomic mass is 10.2. The van der Waals surface area contributed by atoms with Crippen molar-refractivity contribution in [1.29, 1.82) is 0 Å². The largest absolute Gasteiger partial charge is 0.387 e. The molecule has 112 valence electrons. The van der Waals surface area contributed by atoms with E-state index in [1.54, 1.807) is 19.3 Å². The van der Waals surface area contributed by atoms with E-state index < -0.39 is 10.0 Å². The minimum atomic E-state index is -3.55. The molecule has 0 saturated carbocycles. The van der Waals surface area contributed by atoms with Crippen molar-refractivity contribution in [2.45, 2.75) is 30.8 Å². The Hall–Kier alpha value is -1.18. The maximum atomic E-state index is 12.7. The number of hydrogen-bond acceptors (Lipinski definition) is 5. The number of sulfonamides is 1. The highest BCUT2D eigenvalue weighted by atomic mass is 32.2. The van der Waals surface area contributed by atoms with Crippen LogP contribution in [0.15, 0.2) is 23.4 Å². The van der Waals surface area contributed by atoms with Crippen LogP contribution in [0.1, 0.15) is 19.8 Å². The van der Waals surface area contributed by atoms with Crippen molar-refractivity contribution < 1.29 is 13.2 Å². The van der Waals surface area contributed by atoms with E-state index in [2.05, 4.69) is 10.3 Å². The predicted octanol–water partition coefficient (Wildman–Crippen LogP) is 1.31. The van der Waals surface area contributed by atoms with Crippen LogP contribution in [0.25, 0.3) is 0 Å². The fraction of sp³-hybridized carbons (Fsp3) is 0.615. The van der Waals surface area contributed by atoms with Gasteiger partial charge >= 0.3 is 0 Å². The van der Waals surface area contributed by atoms with Crippen LogP contribution in [0.3, 0.4) is 0 Å². The lowest BCUT2D eigenvalue weighted by Gasteiger charge is -2.24. The number of ether oxygens (including phenoxy) is 1. The van der Waals surface area contributed by atoms with Crippen molar-refractivity contribution in [2.24, 2.45) is 0 Å². The second-order valence-corrected chi connectivity index (χ2v) is 6.62. The minimum Gasteiger partial charge on any atom is -0.387 e. The summed E-state index contributed by atoms with van der Waals surface area (Å²) >= 11 is 0. The molecule has 1 unspecified atom stereocenters. The van der Waals surface area contributed by atoms with E-state index >= 15 is 0 Å². The Kier molecular flexibility index (Phi) is 4.95. The lowest BCUT2D eigenvalue weighted by Crippen LogP contribution is -2.37. The van der Waals surface area contributed by atoms with Crippen LogP contribution < -0.4 is 5.32 Å². The molecule has 0 aromatic carbocycles. The van der Waals surface area contributed by atoms with Gasteiger partial charge in [0.15, 0.2) is 0 Å². The summed E-state index contributed by atoms with van der Waals surface area (Å²) in [4.78, 5) is 4.14. The summed E-state index contributed by atoms with van der Waals surface area (Å²) in [5.41, 5.74) is 0.561. The second-order valence-electron chi connectivity index (χ2n) is 4.71. The summed E-state index contributed by atoms with van der Waals surface area (Å²) in [6.07, 6.45) is 4.87. The molecule has 1 aliphatic rings. The number of rotatable bonds is 6. The molecular weight excluding hydrogens is 278 g/mol. The Labute approximate surface area is 120 Å². The highest BCUT2D eigenvalue weighted by molar-refractivity contribution is 7.89. The third-order valence-corrected chi connectivity index (χ3v) is 5.42. The number of likely N-dealkylation sites (N-methyl/N-ethyl adjacent to an activating group) is 1. The molecular formula is C13H21N3O3S. The van der Waals surface area contributed by atoms with Crippen LogP contribution in [0, 0.1) is 0 Å². The molecule has 1 N–H and O–H groups in total. The molecule has 7 heteroatoms. The zero-order valence-corrected chi connectivity index (χ0v) is 12.7. The quantitative estimate of drug-likeness (QED) is 0.857. The molecule has 0 bridgehead atoms. The lowest BCUT2D eigenvalue weighted by molar-refractivity contribution is 0.0947. The molecule has 2 rings (SSSR count). The van der Waals surface area contributed by atoms with Crippen LogP contribution in [0.2, 0.25) is 0 Å². The van der Waals surface area contributed by atoms with Gasteiger partial charge in [0.2, 0.25) is 10.0 Å². The van der Waals surface area contributed by atoms with Crippen LogP contribution in [-0.4, -0.2) is 50.6 Å². The molecule has 1 saturated heterocycles. The van der Waals surface area contributed by atoms with Crippen LogP contribution in [-0.2, 0) is 14.8 Å². The highest BCUT2D eigenvalue weighted by Gasteiger charge is 2.29. The smallest absolute Gasteiger partial charge is 0.246 e. The molecule has 0 spiro atoms. The summed E-state index contributed by atoms with van der Waals surface area (Å²) in [7, 11) is -1.85. The minimum absolute atomic E-state index is 0.000526. The molecule has 20 heavy (non-hydrogen) atoms. The number of anilines is 1. The highest BCUT2D eigenvalue weighted by Crippen LogP contribution is 2.24. The first kappa shape index (κ1) is 15.2. The molecule has 0 aliphatic carbocycles. The maximum absolute atomic E-state index is 12.7. The van der Waals surface area contributed by atoms with Crippen LogP contribution in [0.4, 0.5) is 5.69 Å². The van der Waals surface area contributed by atoms with Crippen LogP contribution in [0.5, 0.6) is 0 Å². The van der Waals surface area contributed by atoms with Crippen molar-refractivity contribution in [2.75, 3.05) is 32.1 Å². The Bertz CT molecular complexity index is 542. The molecule has 1 atom stereocenters. The van der Waals surface area contributed by atoms with Crippen molar-refractivity contribution >= 4 is 15.7 Å². The third kappa shape index (κ3) is 3.11. The zero-order valence-electron chi connectivity index (χ0n) is 11.9. The van der Waals surface area contributed by atoms with E-state index in [4.69, 9.17) is 4.74 Å². The Balaban J connectivity index is 2.26. The van der Waals surface area contributed by atoms with E-state index in [0.29, 0.717) is 18.8 Å². The van der Waals surface area contributed by atoms with E-state index in [9.17, 15) is 8.42 Å². The maximum Gasteiger partial charge on any atom is 0.246 e.